The first-order valence-electron chi connectivity index (χ1n) is 6.51. The van der Waals surface area contributed by atoms with Gasteiger partial charge in [-0.25, -0.2) is 0 Å². The number of amides is 1. The third-order valence-corrected chi connectivity index (χ3v) is 3.77. The largest absolute Gasteiger partial charge is 0.352 e. The zero-order valence-corrected chi connectivity index (χ0v) is 11.4. The van der Waals surface area contributed by atoms with Crippen LogP contribution in [0, 0.1) is 0 Å². The Morgan fingerprint density at radius 1 is 1.18 bits per heavy atom. The van der Waals surface area contributed by atoms with Crippen molar-refractivity contribution in [2.24, 2.45) is 5.73 Å². The molecule has 0 radical (unpaired) electrons. The third-order valence-electron chi connectivity index (χ3n) is 3.77. The van der Waals surface area contributed by atoms with Gasteiger partial charge in [0.2, 0.25) is 5.91 Å². The number of piperidine rings is 1. The highest BCUT2D eigenvalue weighted by molar-refractivity contribution is 5.89. The Labute approximate surface area is 104 Å². The molecule has 4 nitrogen and oxygen atoms in total. The van der Waals surface area contributed by atoms with Crippen LogP contribution in [0.15, 0.2) is 0 Å². The van der Waals surface area contributed by atoms with Gasteiger partial charge in [-0.05, 0) is 53.4 Å². The van der Waals surface area contributed by atoms with E-state index in [0.29, 0.717) is 0 Å². The predicted molar refractivity (Wildman–Crippen MR) is 68.6 cm³/mol. The van der Waals surface area contributed by atoms with Gasteiger partial charge in [-0.1, -0.05) is 0 Å². The number of carbonyl (C=O) groups excluding carboxylic acids is 1. The first-order valence-corrected chi connectivity index (χ1v) is 6.51. The number of hydrogen-bond donors (Lipinski definition) is 3. The van der Waals surface area contributed by atoms with E-state index < -0.39 is 5.54 Å². The van der Waals surface area contributed by atoms with Crippen LogP contribution in [0.1, 0.15) is 53.4 Å². The summed E-state index contributed by atoms with van der Waals surface area (Å²) in [5, 5.41) is 6.74. The van der Waals surface area contributed by atoms with E-state index >= 15 is 0 Å². The van der Waals surface area contributed by atoms with Gasteiger partial charge in [0.05, 0.1) is 5.54 Å². The fourth-order valence-corrected chi connectivity index (χ4v) is 3.12. The number of rotatable bonds is 2. The van der Waals surface area contributed by atoms with Crippen LogP contribution in [0.3, 0.4) is 0 Å². The fourth-order valence-electron chi connectivity index (χ4n) is 3.12. The normalized spacial score (nSPS) is 29.7. The summed E-state index contributed by atoms with van der Waals surface area (Å²) in [6.07, 6.45) is 3.57. The molecule has 1 saturated heterocycles. The molecule has 0 aromatic heterocycles. The van der Waals surface area contributed by atoms with E-state index in [1.807, 2.05) is 0 Å². The van der Waals surface area contributed by atoms with Crippen molar-refractivity contribution < 1.29 is 4.79 Å². The molecule has 2 rings (SSSR count). The highest BCUT2D eigenvalue weighted by Crippen LogP contribution is 2.34. The number of nitrogens with one attached hydrogen (secondary N) is 2. The van der Waals surface area contributed by atoms with Crippen molar-refractivity contribution >= 4 is 5.91 Å². The summed E-state index contributed by atoms with van der Waals surface area (Å²) < 4.78 is 0. The van der Waals surface area contributed by atoms with Gasteiger partial charge in [0.1, 0.15) is 0 Å². The monoisotopic (exact) mass is 239 g/mol. The Morgan fingerprint density at radius 3 is 2.06 bits per heavy atom. The maximum absolute atomic E-state index is 12.0. The molecule has 0 aromatic rings. The molecule has 1 aliphatic carbocycles. The van der Waals surface area contributed by atoms with Crippen LogP contribution in [-0.2, 0) is 4.79 Å². The van der Waals surface area contributed by atoms with E-state index in [4.69, 9.17) is 5.73 Å². The second-order valence-corrected chi connectivity index (χ2v) is 7.13. The van der Waals surface area contributed by atoms with Crippen LogP contribution < -0.4 is 16.4 Å². The highest BCUT2D eigenvalue weighted by atomic mass is 16.2. The molecule has 17 heavy (non-hydrogen) atoms. The molecule has 1 aliphatic heterocycles. The smallest absolute Gasteiger partial charge is 0.240 e. The van der Waals surface area contributed by atoms with Gasteiger partial charge < -0.3 is 16.4 Å². The fraction of sp³-hybridized carbons (Fsp3) is 0.923. The van der Waals surface area contributed by atoms with Crippen molar-refractivity contribution in [3.05, 3.63) is 0 Å². The van der Waals surface area contributed by atoms with E-state index in [9.17, 15) is 4.79 Å². The van der Waals surface area contributed by atoms with Crippen LogP contribution in [0.25, 0.3) is 0 Å². The van der Waals surface area contributed by atoms with E-state index in [-0.39, 0.29) is 23.0 Å². The van der Waals surface area contributed by atoms with Crippen molar-refractivity contribution in [2.45, 2.75) is 76.0 Å². The summed E-state index contributed by atoms with van der Waals surface area (Å²) in [7, 11) is 0. The molecule has 2 fully saturated rings. The second-order valence-electron chi connectivity index (χ2n) is 7.13. The predicted octanol–water partition coefficient (Wildman–Crippen LogP) is 0.903. The standard InChI is InChI=1S/C13H25N3O/c1-11(2)7-9(8-12(3,4)16-11)15-10(17)13(14)5-6-13/h9,16H,5-8,14H2,1-4H3,(H,15,17). The topological polar surface area (TPSA) is 67.2 Å². The minimum atomic E-state index is -0.556. The van der Waals surface area contributed by atoms with Crippen LogP contribution in [0.2, 0.25) is 0 Å². The van der Waals surface area contributed by atoms with Gasteiger partial charge in [-0.3, -0.25) is 4.79 Å². The number of carbonyl (C=O) groups is 1. The quantitative estimate of drug-likeness (QED) is 0.671. The average Bonchev–Trinajstić information content (AvgIpc) is 2.78. The molecule has 4 N–H and O–H groups in total. The number of nitrogens with two attached hydrogens (primary N) is 1. The molecule has 1 saturated carbocycles. The Bertz CT molecular complexity index is 316. The summed E-state index contributed by atoms with van der Waals surface area (Å²) >= 11 is 0. The summed E-state index contributed by atoms with van der Waals surface area (Å²) in [6, 6.07) is 0.231. The highest BCUT2D eigenvalue weighted by Gasteiger charge is 2.47. The third kappa shape index (κ3) is 2.99. The zero-order valence-electron chi connectivity index (χ0n) is 11.4. The van der Waals surface area contributed by atoms with Crippen LogP contribution in [-0.4, -0.2) is 28.6 Å². The van der Waals surface area contributed by atoms with E-state index in [2.05, 4.69) is 38.3 Å². The molecular formula is C13H25N3O. The zero-order chi connectivity index (χ0) is 12.9. The molecule has 0 atom stereocenters. The summed E-state index contributed by atoms with van der Waals surface area (Å²) in [5.41, 5.74) is 5.48. The second kappa shape index (κ2) is 3.69. The maximum atomic E-state index is 12.0. The van der Waals surface area contributed by atoms with Crippen molar-refractivity contribution in [2.75, 3.05) is 0 Å². The minimum Gasteiger partial charge on any atom is -0.352 e. The minimum absolute atomic E-state index is 0.0380. The lowest BCUT2D eigenvalue weighted by Gasteiger charge is -2.46. The summed E-state index contributed by atoms with van der Waals surface area (Å²) in [6.45, 7) is 8.73. The van der Waals surface area contributed by atoms with E-state index in [1.54, 1.807) is 0 Å². The van der Waals surface area contributed by atoms with E-state index in [0.717, 1.165) is 25.7 Å². The first-order chi connectivity index (χ1) is 7.62. The lowest BCUT2D eigenvalue weighted by molar-refractivity contribution is -0.124. The molecule has 0 aromatic carbocycles. The van der Waals surface area contributed by atoms with Gasteiger partial charge in [-0.2, -0.15) is 0 Å². The van der Waals surface area contributed by atoms with Crippen molar-refractivity contribution in [1.29, 1.82) is 0 Å². The van der Waals surface area contributed by atoms with Crippen molar-refractivity contribution in [3.63, 3.8) is 0 Å². The number of hydrogen-bond acceptors (Lipinski definition) is 3. The molecule has 98 valence electrons. The molecular weight excluding hydrogens is 214 g/mol. The summed E-state index contributed by atoms with van der Waals surface area (Å²) in [5.74, 6) is 0.0380. The molecule has 1 heterocycles. The molecule has 0 spiro atoms. The first kappa shape index (κ1) is 12.8. The van der Waals surface area contributed by atoms with E-state index in [1.165, 1.54) is 0 Å². The molecule has 0 bridgehead atoms. The molecule has 1 amide bonds. The molecule has 2 aliphatic rings. The Kier molecular flexibility index (Phi) is 2.79. The Balaban J connectivity index is 1.99. The van der Waals surface area contributed by atoms with Gasteiger partial charge in [0, 0.05) is 17.1 Å². The van der Waals surface area contributed by atoms with Gasteiger partial charge in [0.25, 0.3) is 0 Å². The SMILES string of the molecule is CC1(C)CC(NC(=O)C2(N)CC2)CC(C)(C)N1. The van der Waals surface area contributed by atoms with Crippen LogP contribution >= 0.6 is 0 Å². The van der Waals surface area contributed by atoms with Crippen molar-refractivity contribution in [1.82, 2.24) is 10.6 Å². The maximum Gasteiger partial charge on any atom is 0.240 e. The van der Waals surface area contributed by atoms with Gasteiger partial charge in [-0.15, -0.1) is 0 Å². The molecule has 0 unspecified atom stereocenters. The molecule has 4 heteroatoms. The lowest BCUT2D eigenvalue weighted by Crippen LogP contribution is -2.63. The van der Waals surface area contributed by atoms with Crippen molar-refractivity contribution in [3.8, 4) is 0 Å². The van der Waals surface area contributed by atoms with Gasteiger partial charge >= 0.3 is 0 Å². The Morgan fingerprint density at radius 2 is 1.65 bits per heavy atom. The Hall–Kier alpha value is -0.610. The van der Waals surface area contributed by atoms with Gasteiger partial charge in [0.15, 0.2) is 0 Å². The van der Waals surface area contributed by atoms with Crippen LogP contribution in [0.5, 0.6) is 0 Å². The van der Waals surface area contributed by atoms with Crippen LogP contribution in [0.4, 0.5) is 0 Å². The summed E-state index contributed by atoms with van der Waals surface area (Å²) in [4.78, 5) is 12.0. The average molecular weight is 239 g/mol. The lowest BCUT2D eigenvalue weighted by atomic mass is 9.79.